The second-order valence-electron chi connectivity index (χ2n) is 6.92. The number of benzene rings is 1. The predicted molar refractivity (Wildman–Crippen MR) is 86.6 cm³/mol. The SMILES string of the molecule is COC[C@H]1CN(C)C[C@@]12CCN(Cc1ccc(Cl)c(F)c1)C2. The van der Waals surface area contributed by atoms with Gasteiger partial charge in [-0.1, -0.05) is 17.7 Å². The summed E-state index contributed by atoms with van der Waals surface area (Å²) in [7, 11) is 3.98. The highest BCUT2D eigenvalue weighted by atomic mass is 35.5. The lowest BCUT2D eigenvalue weighted by Gasteiger charge is -2.30. The Morgan fingerprint density at radius 2 is 2.23 bits per heavy atom. The molecule has 2 aliphatic heterocycles. The molecule has 3 nitrogen and oxygen atoms in total. The van der Waals surface area contributed by atoms with Crippen LogP contribution in [-0.2, 0) is 11.3 Å². The van der Waals surface area contributed by atoms with E-state index < -0.39 is 0 Å². The Morgan fingerprint density at radius 1 is 1.41 bits per heavy atom. The number of ether oxygens (including phenoxy) is 1. The van der Waals surface area contributed by atoms with Gasteiger partial charge in [0.05, 0.1) is 11.6 Å². The van der Waals surface area contributed by atoms with Crippen LogP contribution in [0.4, 0.5) is 4.39 Å². The van der Waals surface area contributed by atoms with Crippen LogP contribution in [0.2, 0.25) is 5.02 Å². The van der Waals surface area contributed by atoms with E-state index in [2.05, 4.69) is 16.8 Å². The van der Waals surface area contributed by atoms with Crippen LogP contribution in [-0.4, -0.2) is 56.7 Å². The molecule has 3 rings (SSSR count). The minimum absolute atomic E-state index is 0.194. The summed E-state index contributed by atoms with van der Waals surface area (Å²) in [4.78, 5) is 4.85. The van der Waals surface area contributed by atoms with E-state index in [-0.39, 0.29) is 10.8 Å². The molecule has 0 aromatic heterocycles. The summed E-state index contributed by atoms with van der Waals surface area (Å²) in [5.74, 6) is 0.264. The van der Waals surface area contributed by atoms with Crippen LogP contribution < -0.4 is 0 Å². The first-order chi connectivity index (χ1) is 10.5. The maximum atomic E-state index is 13.6. The molecule has 1 aromatic carbocycles. The maximum absolute atomic E-state index is 13.6. The first-order valence-corrected chi connectivity index (χ1v) is 8.24. The van der Waals surface area contributed by atoms with E-state index in [1.54, 1.807) is 19.2 Å². The lowest BCUT2D eigenvalue weighted by atomic mass is 9.77. The molecule has 1 spiro atoms. The van der Waals surface area contributed by atoms with Gasteiger partial charge in [-0.3, -0.25) is 4.90 Å². The molecule has 2 aliphatic rings. The molecule has 1 aromatic rings. The van der Waals surface area contributed by atoms with Gasteiger partial charge >= 0.3 is 0 Å². The Balaban J connectivity index is 1.67. The van der Waals surface area contributed by atoms with Crippen LogP contribution in [0.1, 0.15) is 12.0 Å². The Morgan fingerprint density at radius 3 is 2.95 bits per heavy atom. The third kappa shape index (κ3) is 3.16. The molecular weight excluding hydrogens is 303 g/mol. The topological polar surface area (TPSA) is 15.7 Å². The summed E-state index contributed by atoms with van der Waals surface area (Å²) < 4.78 is 19.0. The molecule has 0 bridgehead atoms. The van der Waals surface area contributed by atoms with Crippen molar-refractivity contribution in [3.8, 4) is 0 Å². The molecule has 0 saturated carbocycles. The molecule has 122 valence electrons. The van der Waals surface area contributed by atoms with Crippen molar-refractivity contribution in [3.05, 3.63) is 34.6 Å². The van der Waals surface area contributed by atoms with Crippen molar-refractivity contribution < 1.29 is 9.13 Å². The van der Waals surface area contributed by atoms with Gasteiger partial charge in [0.1, 0.15) is 5.82 Å². The summed E-state index contributed by atoms with van der Waals surface area (Å²) in [5.41, 5.74) is 1.32. The molecule has 0 radical (unpaired) electrons. The van der Waals surface area contributed by atoms with Crippen molar-refractivity contribution in [1.29, 1.82) is 0 Å². The number of methoxy groups -OCH3 is 1. The largest absolute Gasteiger partial charge is 0.384 e. The average Bonchev–Trinajstić information content (AvgIpc) is 2.99. The number of hydrogen-bond acceptors (Lipinski definition) is 3. The number of halogens is 2. The zero-order valence-corrected chi connectivity index (χ0v) is 14.1. The standard InChI is InChI=1S/C17H24ClFN2O/c1-20-9-14(10-22-2)17(11-20)5-6-21(12-17)8-13-3-4-15(18)16(19)7-13/h3-4,7,14H,5-6,8-12H2,1-2H3/t14-,17-/m1/s1. The van der Waals surface area contributed by atoms with E-state index in [1.165, 1.54) is 6.42 Å². The number of hydrogen-bond donors (Lipinski definition) is 0. The van der Waals surface area contributed by atoms with E-state index in [0.29, 0.717) is 11.3 Å². The third-order valence-electron chi connectivity index (χ3n) is 5.21. The van der Waals surface area contributed by atoms with Crippen LogP contribution in [0.3, 0.4) is 0 Å². The van der Waals surface area contributed by atoms with E-state index in [9.17, 15) is 4.39 Å². The molecule has 2 heterocycles. The number of rotatable bonds is 4. The van der Waals surface area contributed by atoms with Gasteiger partial charge in [-0.25, -0.2) is 4.39 Å². The number of likely N-dealkylation sites (tertiary alicyclic amines) is 2. The molecule has 0 aliphatic carbocycles. The fourth-order valence-electron chi connectivity index (χ4n) is 4.21. The van der Waals surface area contributed by atoms with E-state index in [4.69, 9.17) is 16.3 Å². The zero-order valence-electron chi connectivity index (χ0n) is 13.3. The summed E-state index contributed by atoms with van der Waals surface area (Å²) >= 11 is 5.76. The van der Waals surface area contributed by atoms with Crippen LogP contribution in [0.5, 0.6) is 0 Å². The van der Waals surface area contributed by atoms with Crippen LogP contribution in [0.25, 0.3) is 0 Å². The van der Waals surface area contributed by atoms with Crippen LogP contribution >= 0.6 is 11.6 Å². The van der Waals surface area contributed by atoms with Crippen LogP contribution in [0, 0.1) is 17.2 Å². The molecule has 0 unspecified atom stereocenters. The predicted octanol–water partition coefficient (Wildman–Crippen LogP) is 2.88. The van der Waals surface area contributed by atoms with Gasteiger partial charge in [0.2, 0.25) is 0 Å². The van der Waals surface area contributed by atoms with Gasteiger partial charge in [0.25, 0.3) is 0 Å². The van der Waals surface area contributed by atoms with Crippen molar-refractivity contribution in [2.24, 2.45) is 11.3 Å². The number of nitrogens with zero attached hydrogens (tertiary/aromatic N) is 2. The summed E-state index contributed by atoms with van der Waals surface area (Å²) in [6.07, 6.45) is 1.20. The second-order valence-corrected chi connectivity index (χ2v) is 7.33. The molecule has 2 atom stereocenters. The second kappa shape index (κ2) is 6.44. The average molecular weight is 327 g/mol. The van der Waals surface area contributed by atoms with Gasteiger partial charge < -0.3 is 9.64 Å². The minimum Gasteiger partial charge on any atom is -0.384 e. The molecule has 22 heavy (non-hydrogen) atoms. The van der Waals surface area contributed by atoms with Gasteiger partial charge in [-0.15, -0.1) is 0 Å². The Labute approximate surface area is 137 Å². The molecule has 2 fully saturated rings. The molecular formula is C17H24ClFN2O. The summed E-state index contributed by atoms with van der Waals surface area (Å²) in [6.45, 7) is 5.99. The van der Waals surface area contributed by atoms with Crippen LogP contribution in [0.15, 0.2) is 18.2 Å². The molecule has 5 heteroatoms. The highest BCUT2D eigenvalue weighted by molar-refractivity contribution is 6.30. The summed E-state index contributed by atoms with van der Waals surface area (Å²) in [5, 5.41) is 0.194. The highest BCUT2D eigenvalue weighted by Crippen LogP contribution is 2.43. The zero-order chi connectivity index (χ0) is 15.7. The van der Waals surface area contributed by atoms with Gasteiger partial charge in [-0.2, -0.15) is 0 Å². The lowest BCUT2D eigenvalue weighted by Crippen LogP contribution is -2.36. The van der Waals surface area contributed by atoms with Crippen molar-refractivity contribution in [1.82, 2.24) is 9.80 Å². The van der Waals surface area contributed by atoms with E-state index >= 15 is 0 Å². The Bertz CT molecular complexity index is 541. The van der Waals surface area contributed by atoms with Crippen molar-refractivity contribution in [2.75, 3.05) is 46.9 Å². The van der Waals surface area contributed by atoms with Crippen molar-refractivity contribution >= 4 is 11.6 Å². The monoisotopic (exact) mass is 326 g/mol. The van der Waals surface area contributed by atoms with Gasteiger partial charge in [0, 0.05) is 44.6 Å². The van der Waals surface area contributed by atoms with Crippen molar-refractivity contribution in [2.45, 2.75) is 13.0 Å². The molecule has 0 amide bonds. The lowest BCUT2D eigenvalue weighted by molar-refractivity contribution is 0.0959. The molecule has 2 saturated heterocycles. The van der Waals surface area contributed by atoms with Crippen molar-refractivity contribution in [3.63, 3.8) is 0 Å². The van der Waals surface area contributed by atoms with E-state index in [0.717, 1.165) is 44.9 Å². The summed E-state index contributed by atoms with van der Waals surface area (Å²) in [6, 6.07) is 5.12. The third-order valence-corrected chi connectivity index (χ3v) is 5.51. The Hall–Kier alpha value is -0.680. The normalized spacial score (nSPS) is 29.7. The highest BCUT2D eigenvalue weighted by Gasteiger charge is 2.49. The first-order valence-electron chi connectivity index (χ1n) is 7.86. The first kappa shape index (κ1) is 16.2. The smallest absolute Gasteiger partial charge is 0.142 e. The fourth-order valence-corrected chi connectivity index (χ4v) is 4.33. The molecule has 0 N–H and O–H groups in total. The minimum atomic E-state index is -0.328. The van der Waals surface area contributed by atoms with E-state index in [1.807, 2.05) is 6.07 Å². The maximum Gasteiger partial charge on any atom is 0.142 e. The van der Waals surface area contributed by atoms with Gasteiger partial charge in [-0.05, 0) is 37.7 Å². The fraction of sp³-hybridized carbons (Fsp3) is 0.647. The Kier molecular flexibility index (Phi) is 4.74. The quantitative estimate of drug-likeness (QED) is 0.846. The van der Waals surface area contributed by atoms with Gasteiger partial charge in [0.15, 0.2) is 0 Å².